The molecule has 14 heavy (non-hydrogen) atoms. The molecule has 78 valence electrons. The first-order chi connectivity index (χ1) is 6.52. The van der Waals surface area contributed by atoms with E-state index in [9.17, 15) is 9.90 Å². The van der Waals surface area contributed by atoms with E-state index in [0.29, 0.717) is 12.2 Å². The molecule has 0 amide bonds. The first-order valence-electron chi connectivity index (χ1n) is 4.72. The summed E-state index contributed by atoms with van der Waals surface area (Å²) >= 11 is 0. The third kappa shape index (κ3) is 2.42. The highest BCUT2D eigenvalue weighted by Gasteiger charge is 2.10. The van der Waals surface area contributed by atoms with Crippen LogP contribution in [0.1, 0.15) is 19.5 Å². The topological polar surface area (TPSA) is 55.1 Å². The van der Waals surface area contributed by atoms with Crippen molar-refractivity contribution >= 4 is 0 Å². The van der Waals surface area contributed by atoms with Gasteiger partial charge in [-0.15, -0.1) is 0 Å². The number of aryl methyl sites for hydroxylation is 1. The van der Waals surface area contributed by atoms with Gasteiger partial charge in [0.25, 0.3) is 5.56 Å². The third-order valence-electron chi connectivity index (χ3n) is 2.24. The van der Waals surface area contributed by atoms with E-state index >= 15 is 0 Å². The van der Waals surface area contributed by atoms with Gasteiger partial charge >= 0.3 is 0 Å². The third-order valence-corrected chi connectivity index (χ3v) is 2.24. The fourth-order valence-corrected chi connectivity index (χ4v) is 1.11. The molecule has 0 aliphatic carbocycles. The quantitative estimate of drug-likeness (QED) is 0.769. The summed E-state index contributed by atoms with van der Waals surface area (Å²) in [6, 6.07) is 0. The highest BCUT2D eigenvalue weighted by atomic mass is 16.3. The maximum absolute atomic E-state index is 11.5. The van der Waals surface area contributed by atoms with Gasteiger partial charge in [-0.1, -0.05) is 13.8 Å². The summed E-state index contributed by atoms with van der Waals surface area (Å²) < 4.78 is 1.49. The van der Waals surface area contributed by atoms with Crippen LogP contribution in [-0.2, 0) is 6.54 Å². The predicted molar refractivity (Wildman–Crippen MR) is 54.1 cm³/mol. The summed E-state index contributed by atoms with van der Waals surface area (Å²) in [6.07, 6.45) is 2.68. The summed E-state index contributed by atoms with van der Waals surface area (Å²) in [5.41, 5.74) is 0.329. The Labute approximate surface area is 83.2 Å². The van der Waals surface area contributed by atoms with Gasteiger partial charge in [-0.2, -0.15) is 0 Å². The molecule has 1 unspecified atom stereocenters. The van der Waals surface area contributed by atoms with E-state index in [4.69, 9.17) is 0 Å². The van der Waals surface area contributed by atoms with Gasteiger partial charge in [0.2, 0.25) is 0 Å². The molecule has 0 fully saturated rings. The Morgan fingerprint density at radius 1 is 1.57 bits per heavy atom. The van der Waals surface area contributed by atoms with Crippen LogP contribution in [0.5, 0.6) is 0 Å². The molecule has 1 heterocycles. The molecule has 0 aliphatic rings. The minimum atomic E-state index is -0.491. The van der Waals surface area contributed by atoms with Crippen LogP contribution < -0.4 is 5.56 Å². The zero-order chi connectivity index (χ0) is 10.7. The molecule has 0 bridgehead atoms. The van der Waals surface area contributed by atoms with E-state index in [1.54, 1.807) is 19.3 Å². The van der Waals surface area contributed by atoms with Crippen molar-refractivity contribution in [3.63, 3.8) is 0 Å². The number of aliphatic hydroxyl groups excluding tert-OH is 1. The van der Waals surface area contributed by atoms with Gasteiger partial charge in [0.1, 0.15) is 5.69 Å². The molecule has 0 aliphatic heterocycles. The molecule has 0 saturated carbocycles. The molecule has 4 nitrogen and oxygen atoms in total. The van der Waals surface area contributed by atoms with Crippen LogP contribution >= 0.6 is 0 Å². The SMILES string of the molecule is Cc1nccn(CC(O)C(C)C)c1=O. The fraction of sp³-hybridized carbons (Fsp3) is 0.600. The fourth-order valence-electron chi connectivity index (χ4n) is 1.11. The summed E-state index contributed by atoms with van der Waals surface area (Å²) in [5.74, 6) is 0.148. The van der Waals surface area contributed by atoms with E-state index in [0.717, 1.165) is 0 Å². The van der Waals surface area contributed by atoms with Gasteiger partial charge in [0, 0.05) is 12.4 Å². The lowest BCUT2D eigenvalue weighted by atomic mass is 10.1. The minimum Gasteiger partial charge on any atom is -0.391 e. The van der Waals surface area contributed by atoms with Crippen molar-refractivity contribution in [3.05, 3.63) is 28.4 Å². The van der Waals surface area contributed by atoms with Crippen molar-refractivity contribution in [2.45, 2.75) is 33.4 Å². The molecule has 0 aromatic carbocycles. The van der Waals surface area contributed by atoms with Gasteiger partial charge in [-0.3, -0.25) is 9.78 Å². The highest BCUT2D eigenvalue weighted by molar-refractivity contribution is 4.94. The second-order valence-electron chi connectivity index (χ2n) is 3.78. The van der Waals surface area contributed by atoms with Crippen LogP contribution in [0.3, 0.4) is 0 Å². The first-order valence-corrected chi connectivity index (χ1v) is 4.72. The number of aliphatic hydroxyl groups is 1. The molecule has 1 aromatic rings. The molecule has 0 saturated heterocycles. The summed E-state index contributed by atoms with van der Waals surface area (Å²) in [4.78, 5) is 15.4. The monoisotopic (exact) mass is 196 g/mol. The molecular formula is C10H16N2O2. The van der Waals surface area contributed by atoms with Crippen molar-refractivity contribution in [1.29, 1.82) is 0 Å². The molecule has 1 aromatic heterocycles. The van der Waals surface area contributed by atoms with Gasteiger partial charge in [0.05, 0.1) is 12.6 Å². The second-order valence-corrected chi connectivity index (χ2v) is 3.78. The summed E-state index contributed by atoms with van der Waals surface area (Å²) in [6.45, 7) is 5.84. The van der Waals surface area contributed by atoms with Crippen LogP contribution in [0, 0.1) is 12.8 Å². The average Bonchev–Trinajstić information content (AvgIpc) is 2.12. The van der Waals surface area contributed by atoms with Crippen molar-refractivity contribution in [2.24, 2.45) is 5.92 Å². The molecule has 1 atom stereocenters. The Kier molecular flexibility index (Phi) is 3.41. The number of nitrogens with zero attached hydrogens (tertiary/aromatic N) is 2. The number of hydrogen-bond acceptors (Lipinski definition) is 3. The minimum absolute atomic E-state index is 0.132. The summed E-state index contributed by atoms with van der Waals surface area (Å²) in [5, 5.41) is 9.62. The molecule has 1 rings (SSSR count). The maximum Gasteiger partial charge on any atom is 0.272 e. The number of rotatable bonds is 3. The number of aromatic nitrogens is 2. The van der Waals surface area contributed by atoms with Gasteiger partial charge in [-0.05, 0) is 12.8 Å². The first kappa shape index (κ1) is 10.9. The lowest BCUT2D eigenvalue weighted by molar-refractivity contribution is 0.105. The highest BCUT2D eigenvalue weighted by Crippen LogP contribution is 2.02. The van der Waals surface area contributed by atoms with Gasteiger partial charge in [0.15, 0.2) is 0 Å². The Morgan fingerprint density at radius 2 is 2.21 bits per heavy atom. The van der Waals surface area contributed by atoms with Crippen LogP contribution in [0.2, 0.25) is 0 Å². The van der Waals surface area contributed by atoms with Crippen LogP contribution in [0.25, 0.3) is 0 Å². The second kappa shape index (κ2) is 4.37. The average molecular weight is 196 g/mol. The Hall–Kier alpha value is -1.16. The van der Waals surface area contributed by atoms with E-state index in [2.05, 4.69) is 4.98 Å². The van der Waals surface area contributed by atoms with E-state index in [-0.39, 0.29) is 11.5 Å². The largest absolute Gasteiger partial charge is 0.391 e. The van der Waals surface area contributed by atoms with Crippen molar-refractivity contribution in [3.8, 4) is 0 Å². The zero-order valence-electron chi connectivity index (χ0n) is 8.77. The summed E-state index contributed by atoms with van der Waals surface area (Å²) in [7, 11) is 0. The Balaban J connectivity index is 2.87. The number of hydrogen-bond donors (Lipinski definition) is 1. The molecule has 0 radical (unpaired) electrons. The van der Waals surface area contributed by atoms with Crippen LogP contribution in [-0.4, -0.2) is 20.8 Å². The Bertz CT molecular complexity index is 357. The van der Waals surface area contributed by atoms with Crippen LogP contribution in [0.15, 0.2) is 17.2 Å². The smallest absolute Gasteiger partial charge is 0.272 e. The molecule has 0 spiro atoms. The van der Waals surface area contributed by atoms with E-state index < -0.39 is 6.10 Å². The van der Waals surface area contributed by atoms with Crippen LogP contribution in [0.4, 0.5) is 0 Å². The van der Waals surface area contributed by atoms with Crippen molar-refractivity contribution < 1.29 is 5.11 Å². The predicted octanol–water partition coefficient (Wildman–Crippen LogP) is 0.569. The van der Waals surface area contributed by atoms with Crippen molar-refractivity contribution in [2.75, 3.05) is 0 Å². The lowest BCUT2D eigenvalue weighted by Crippen LogP contribution is -2.30. The maximum atomic E-state index is 11.5. The standard InChI is InChI=1S/C10H16N2O2/c1-7(2)9(13)6-12-5-4-11-8(3)10(12)14/h4-5,7,9,13H,6H2,1-3H3. The molecule has 1 N–H and O–H groups in total. The molecule has 4 heteroatoms. The molecular weight excluding hydrogens is 180 g/mol. The normalized spacial score (nSPS) is 13.2. The zero-order valence-corrected chi connectivity index (χ0v) is 8.77. The van der Waals surface area contributed by atoms with Crippen molar-refractivity contribution in [1.82, 2.24) is 9.55 Å². The Morgan fingerprint density at radius 3 is 2.79 bits per heavy atom. The van der Waals surface area contributed by atoms with E-state index in [1.807, 2.05) is 13.8 Å². The van der Waals surface area contributed by atoms with Gasteiger partial charge < -0.3 is 9.67 Å². The van der Waals surface area contributed by atoms with E-state index in [1.165, 1.54) is 4.57 Å². The van der Waals surface area contributed by atoms with Gasteiger partial charge in [-0.25, -0.2) is 0 Å². The lowest BCUT2D eigenvalue weighted by Gasteiger charge is -2.15.